The zero-order valence-electron chi connectivity index (χ0n) is 8.76. The van der Waals surface area contributed by atoms with E-state index >= 15 is 0 Å². The Kier molecular flexibility index (Phi) is 2.61. The minimum atomic E-state index is 0.686. The van der Waals surface area contributed by atoms with E-state index in [-0.39, 0.29) is 0 Å². The first kappa shape index (κ1) is 9.47. The van der Waals surface area contributed by atoms with Gasteiger partial charge in [0.05, 0.1) is 0 Å². The Labute approximate surface area is 81.5 Å². The molecule has 0 amide bonds. The number of nitrogens with two attached hydrogens (primary N) is 1. The summed E-state index contributed by atoms with van der Waals surface area (Å²) in [7, 11) is 0. The van der Waals surface area contributed by atoms with E-state index in [9.17, 15) is 0 Å². The first-order chi connectivity index (χ1) is 6.29. The highest BCUT2D eigenvalue weighted by molar-refractivity contribution is 5.06. The second-order valence-electron chi connectivity index (χ2n) is 4.94. The highest BCUT2D eigenvalue weighted by atomic mass is 15.3. The molecule has 2 aliphatic rings. The molecule has 1 spiro atoms. The maximum atomic E-state index is 5.79. The first-order valence-electron chi connectivity index (χ1n) is 5.74. The van der Waals surface area contributed by atoms with E-state index in [1.54, 1.807) is 0 Å². The molecule has 2 heteroatoms. The Morgan fingerprint density at radius 3 is 2.54 bits per heavy atom. The molecule has 76 valence electrons. The van der Waals surface area contributed by atoms with Crippen molar-refractivity contribution >= 4 is 0 Å². The summed E-state index contributed by atoms with van der Waals surface area (Å²) in [5.74, 6) is 0. The van der Waals surface area contributed by atoms with Crippen LogP contribution in [0.5, 0.6) is 0 Å². The van der Waals surface area contributed by atoms with Crippen molar-refractivity contribution in [2.75, 3.05) is 19.6 Å². The average molecular weight is 182 g/mol. The fraction of sp³-hybridized carbons (Fsp3) is 1.00. The van der Waals surface area contributed by atoms with Crippen LogP contribution in [0.1, 0.15) is 39.0 Å². The Morgan fingerprint density at radius 2 is 2.08 bits per heavy atom. The van der Waals surface area contributed by atoms with Crippen LogP contribution in [-0.4, -0.2) is 30.6 Å². The standard InChI is InChI=1S/C11H22N2/c1-2-3-4-10(7-12)13-8-11(9-13)5-6-11/h10H,2-9,12H2,1H3. The van der Waals surface area contributed by atoms with Crippen LogP contribution in [0.3, 0.4) is 0 Å². The second-order valence-corrected chi connectivity index (χ2v) is 4.94. The summed E-state index contributed by atoms with van der Waals surface area (Å²) >= 11 is 0. The molecule has 1 atom stereocenters. The van der Waals surface area contributed by atoms with Gasteiger partial charge in [-0.1, -0.05) is 19.8 Å². The van der Waals surface area contributed by atoms with E-state index in [1.807, 2.05) is 0 Å². The average Bonchev–Trinajstić information content (AvgIpc) is 2.84. The molecule has 2 N–H and O–H groups in total. The molecule has 1 saturated heterocycles. The lowest BCUT2D eigenvalue weighted by Crippen LogP contribution is -2.55. The third kappa shape index (κ3) is 1.89. The molecule has 1 aliphatic carbocycles. The number of likely N-dealkylation sites (tertiary alicyclic amines) is 1. The molecular weight excluding hydrogens is 160 g/mol. The largest absolute Gasteiger partial charge is 0.329 e. The van der Waals surface area contributed by atoms with Crippen molar-refractivity contribution in [3.8, 4) is 0 Å². The molecule has 0 aromatic carbocycles. The van der Waals surface area contributed by atoms with Gasteiger partial charge in [0, 0.05) is 25.7 Å². The molecule has 0 aromatic rings. The van der Waals surface area contributed by atoms with Gasteiger partial charge in [-0.2, -0.15) is 0 Å². The molecule has 1 unspecified atom stereocenters. The van der Waals surface area contributed by atoms with Gasteiger partial charge < -0.3 is 5.73 Å². The Morgan fingerprint density at radius 1 is 1.38 bits per heavy atom. The van der Waals surface area contributed by atoms with E-state index in [0.29, 0.717) is 6.04 Å². The van der Waals surface area contributed by atoms with Gasteiger partial charge in [0.25, 0.3) is 0 Å². The van der Waals surface area contributed by atoms with Crippen LogP contribution in [-0.2, 0) is 0 Å². The van der Waals surface area contributed by atoms with Crippen LogP contribution in [0.25, 0.3) is 0 Å². The highest BCUT2D eigenvalue weighted by Gasteiger charge is 2.53. The van der Waals surface area contributed by atoms with E-state index in [0.717, 1.165) is 12.0 Å². The van der Waals surface area contributed by atoms with Crippen molar-refractivity contribution in [2.24, 2.45) is 11.1 Å². The molecule has 2 rings (SSSR count). The molecular formula is C11H22N2. The Hall–Kier alpha value is -0.0800. The molecule has 0 bridgehead atoms. The van der Waals surface area contributed by atoms with E-state index in [1.165, 1.54) is 45.2 Å². The zero-order chi connectivity index (χ0) is 9.31. The molecule has 13 heavy (non-hydrogen) atoms. The number of rotatable bonds is 5. The molecule has 2 fully saturated rings. The van der Waals surface area contributed by atoms with Crippen molar-refractivity contribution in [2.45, 2.75) is 45.1 Å². The van der Waals surface area contributed by atoms with Crippen molar-refractivity contribution < 1.29 is 0 Å². The van der Waals surface area contributed by atoms with Gasteiger partial charge in [0.2, 0.25) is 0 Å². The van der Waals surface area contributed by atoms with Crippen LogP contribution < -0.4 is 5.73 Å². The van der Waals surface area contributed by atoms with Gasteiger partial charge in [0.15, 0.2) is 0 Å². The predicted octanol–water partition coefficient (Wildman–Crippen LogP) is 1.60. The minimum absolute atomic E-state index is 0.686. The van der Waals surface area contributed by atoms with Crippen molar-refractivity contribution in [3.63, 3.8) is 0 Å². The number of nitrogens with zero attached hydrogens (tertiary/aromatic N) is 1. The van der Waals surface area contributed by atoms with Crippen LogP contribution in [0, 0.1) is 5.41 Å². The number of hydrogen-bond donors (Lipinski definition) is 1. The van der Waals surface area contributed by atoms with Gasteiger partial charge in [-0.3, -0.25) is 4.90 Å². The van der Waals surface area contributed by atoms with Gasteiger partial charge in [-0.05, 0) is 24.7 Å². The summed E-state index contributed by atoms with van der Waals surface area (Å²) in [6, 6.07) is 0.686. The first-order valence-corrected chi connectivity index (χ1v) is 5.74. The number of hydrogen-bond acceptors (Lipinski definition) is 2. The highest BCUT2D eigenvalue weighted by Crippen LogP contribution is 2.53. The molecule has 1 aliphatic heterocycles. The fourth-order valence-electron chi connectivity index (χ4n) is 2.46. The van der Waals surface area contributed by atoms with E-state index in [2.05, 4.69) is 11.8 Å². The number of unbranched alkanes of at least 4 members (excludes halogenated alkanes) is 1. The van der Waals surface area contributed by atoms with E-state index < -0.39 is 0 Å². The van der Waals surface area contributed by atoms with Gasteiger partial charge in [-0.15, -0.1) is 0 Å². The van der Waals surface area contributed by atoms with Gasteiger partial charge in [-0.25, -0.2) is 0 Å². The van der Waals surface area contributed by atoms with Crippen LogP contribution in [0.15, 0.2) is 0 Å². The lowest BCUT2D eigenvalue weighted by atomic mass is 9.93. The van der Waals surface area contributed by atoms with Crippen LogP contribution >= 0.6 is 0 Å². The maximum Gasteiger partial charge on any atom is 0.0218 e. The molecule has 0 aromatic heterocycles. The topological polar surface area (TPSA) is 29.3 Å². The molecule has 1 saturated carbocycles. The summed E-state index contributed by atoms with van der Waals surface area (Å²) in [5.41, 5.74) is 6.58. The van der Waals surface area contributed by atoms with Gasteiger partial charge >= 0.3 is 0 Å². The lowest BCUT2D eigenvalue weighted by molar-refractivity contribution is 0.0351. The third-order valence-electron chi connectivity index (χ3n) is 3.71. The summed E-state index contributed by atoms with van der Waals surface area (Å²) in [6.07, 6.45) is 6.91. The smallest absolute Gasteiger partial charge is 0.0218 e. The lowest BCUT2D eigenvalue weighted by Gasteiger charge is -2.45. The zero-order valence-corrected chi connectivity index (χ0v) is 8.76. The summed E-state index contributed by atoms with van der Waals surface area (Å²) in [6.45, 7) is 5.80. The minimum Gasteiger partial charge on any atom is -0.329 e. The Bertz CT molecular complexity index is 167. The van der Waals surface area contributed by atoms with Crippen molar-refractivity contribution in [3.05, 3.63) is 0 Å². The quantitative estimate of drug-likeness (QED) is 0.700. The summed E-state index contributed by atoms with van der Waals surface area (Å²) in [5, 5.41) is 0. The van der Waals surface area contributed by atoms with Crippen molar-refractivity contribution in [1.29, 1.82) is 0 Å². The normalized spacial score (nSPS) is 27.2. The molecule has 2 nitrogen and oxygen atoms in total. The second kappa shape index (κ2) is 3.58. The van der Waals surface area contributed by atoms with Crippen LogP contribution in [0.4, 0.5) is 0 Å². The Balaban J connectivity index is 1.71. The third-order valence-corrected chi connectivity index (χ3v) is 3.71. The van der Waals surface area contributed by atoms with Gasteiger partial charge in [0.1, 0.15) is 0 Å². The van der Waals surface area contributed by atoms with Crippen molar-refractivity contribution in [1.82, 2.24) is 4.90 Å². The molecule has 0 radical (unpaired) electrons. The summed E-state index contributed by atoms with van der Waals surface area (Å²) < 4.78 is 0. The van der Waals surface area contributed by atoms with E-state index in [4.69, 9.17) is 5.73 Å². The monoisotopic (exact) mass is 182 g/mol. The fourth-order valence-corrected chi connectivity index (χ4v) is 2.46. The van der Waals surface area contributed by atoms with Crippen LogP contribution in [0.2, 0.25) is 0 Å². The summed E-state index contributed by atoms with van der Waals surface area (Å²) in [4.78, 5) is 2.60. The maximum absolute atomic E-state index is 5.79. The predicted molar refractivity (Wildman–Crippen MR) is 55.6 cm³/mol. The SMILES string of the molecule is CCCCC(CN)N1CC2(CC2)C1. The molecule has 1 heterocycles.